The van der Waals surface area contributed by atoms with Gasteiger partial charge in [-0.25, -0.2) is 0 Å². The average Bonchev–Trinajstić information content (AvgIpc) is 2.46. The zero-order chi connectivity index (χ0) is 15.4. The highest BCUT2D eigenvalue weighted by Gasteiger charge is 2.29. The van der Waals surface area contributed by atoms with Gasteiger partial charge in [-0.15, -0.1) is 0 Å². The molecule has 114 valence electrons. The average molecular weight is 284 g/mol. The summed E-state index contributed by atoms with van der Waals surface area (Å²) >= 11 is 0. The summed E-state index contributed by atoms with van der Waals surface area (Å²) in [5, 5.41) is 23.9. The van der Waals surface area contributed by atoms with Crippen LogP contribution in [-0.4, -0.2) is 47.3 Å². The molecule has 0 aliphatic rings. The predicted octanol–water partition coefficient (Wildman–Crippen LogP) is -0.127. The summed E-state index contributed by atoms with van der Waals surface area (Å²) in [6.45, 7) is 4.40. The van der Waals surface area contributed by atoms with Crippen molar-refractivity contribution in [1.29, 1.82) is 0 Å². The quantitative estimate of drug-likeness (QED) is 0.443. The fourth-order valence-corrected chi connectivity index (χ4v) is 1.31. The largest absolute Gasteiger partial charge is 0.380 e. The van der Waals surface area contributed by atoms with Crippen LogP contribution in [0, 0.1) is 0 Å². The Labute approximate surface area is 119 Å². The van der Waals surface area contributed by atoms with E-state index in [2.05, 4.69) is 10.6 Å². The van der Waals surface area contributed by atoms with E-state index in [1.165, 1.54) is 0 Å². The van der Waals surface area contributed by atoms with Crippen LogP contribution in [0.4, 0.5) is 0 Å². The molecule has 2 atom stereocenters. The number of aliphatic hydroxyl groups is 2. The summed E-state index contributed by atoms with van der Waals surface area (Å²) in [6.07, 6.45) is 5.30. The van der Waals surface area contributed by atoms with E-state index in [-0.39, 0.29) is 13.1 Å². The molecule has 0 heterocycles. The van der Waals surface area contributed by atoms with Crippen LogP contribution in [0.3, 0.4) is 0 Å². The maximum atomic E-state index is 11.5. The standard InChI is InChI=1S/C14H24N2O4/c1-3-5-7-9-15-13(19)11(17)12(18)14(20)16-10-8-6-4-2/h5-8,11-12,17-18H,3-4,9-10H2,1-2H3,(H,15,19)(H,16,20). The van der Waals surface area contributed by atoms with Crippen LogP contribution in [0.2, 0.25) is 0 Å². The minimum absolute atomic E-state index is 0.247. The van der Waals surface area contributed by atoms with E-state index in [1.807, 2.05) is 26.0 Å². The molecule has 0 saturated heterocycles. The first kappa shape index (κ1) is 18.3. The molecule has 0 aromatic heterocycles. The molecule has 0 fully saturated rings. The summed E-state index contributed by atoms with van der Waals surface area (Å²) in [7, 11) is 0. The van der Waals surface area contributed by atoms with Crippen molar-refractivity contribution in [2.75, 3.05) is 13.1 Å². The van der Waals surface area contributed by atoms with Gasteiger partial charge < -0.3 is 20.8 Å². The summed E-state index contributed by atoms with van der Waals surface area (Å²) in [5.74, 6) is -1.56. The number of rotatable bonds is 9. The van der Waals surface area contributed by atoms with Gasteiger partial charge in [-0.3, -0.25) is 9.59 Å². The number of amides is 2. The van der Waals surface area contributed by atoms with Crippen LogP contribution < -0.4 is 10.6 Å². The second kappa shape index (κ2) is 11.2. The van der Waals surface area contributed by atoms with E-state index in [4.69, 9.17) is 0 Å². The Bertz CT molecular complexity index is 319. The SMILES string of the molecule is CCC=CCNC(=O)C(O)C(O)C(=O)NCC=CCC. The Balaban J connectivity index is 4.13. The maximum Gasteiger partial charge on any atom is 0.252 e. The number of aliphatic hydroxyl groups excluding tert-OH is 2. The molecule has 4 N–H and O–H groups in total. The molecule has 0 aromatic rings. The highest BCUT2D eigenvalue weighted by atomic mass is 16.3. The Morgan fingerprint density at radius 3 is 1.50 bits per heavy atom. The summed E-state index contributed by atoms with van der Waals surface area (Å²) in [4.78, 5) is 23.0. The molecule has 0 radical (unpaired) electrons. The van der Waals surface area contributed by atoms with Gasteiger partial charge >= 0.3 is 0 Å². The van der Waals surface area contributed by atoms with Gasteiger partial charge in [0.25, 0.3) is 11.8 Å². The number of hydrogen-bond acceptors (Lipinski definition) is 4. The summed E-state index contributed by atoms with van der Waals surface area (Å²) in [6, 6.07) is 0. The Hall–Kier alpha value is -1.66. The minimum atomic E-state index is -1.78. The molecule has 0 aromatic carbocycles. The van der Waals surface area contributed by atoms with Crippen molar-refractivity contribution in [2.45, 2.75) is 38.9 Å². The molecular formula is C14H24N2O4. The van der Waals surface area contributed by atoms with Crippen molar-refractivity contribution >= 4 is 11.8 Å². The van der Waals surface area contributed by atoms with Crippen molar-refractivity contribution in [3.8, 4) is 0 Å². The lowest BCUT2D eigenvalue weighted by Crippen LogP contribution is -2.49. The molecular weight excluding hydrogens is 260 g/mol. The first-order chi connectivity index (χ1) is 9.54. The van der Waals surface area contributed by atoms with Gasteiger partial charge in [0.15, 0.2) is 12.2 Å². The number of carbonyl (C=O) groups is 2. The maximum absolute atomic E-state index is 11.5. The van der Waals surface area contributed by atoms with Crippen molar-refractivity contribution in [1.82, 2.24) is 10.6 Å². The van der Waals surface area contributed by atoms with Gasteiger partial charge in [0, 0.05) is 13.1 Å². The van der Waals surface area contributed by atoms with E-state index < -0.39 is 24.0 Å². The summed E-state index contributed by atoms with van der Waals surface area (Å²) < 4.78 is 0. The minimum Gasteiger partial charge on any atom is -0.380 e. The molecule has 20 heavy (non-hydrogen) atoms. The molecule has 0 aliphatic carbocycles. The first-order valence-corrected chi connectivity index (χ1v) is 6.76. The Kier molecular flexibility index (Phi) is 10.3. The molecule has 0 aliphatic heterocycles. The highest BCUT2D eigenvalue weighted by Crippen LogP contribution is 1.94. The highest BCUT2D eigenvalue weighted by molar-refractivity contribution is 5.90. The molecule has 0 bridgehead atoms. The van der Waals surface area contributed by atoms with Crippen LogP contribution >= 0.6 is 0 Å². The molecule has 6 heteroatoms. The van der Waals surface area contributed by atoms with Crippen LogP contribution in [0.25, 0.3) is 0 Å². The van der Waals surface area contributed by atoms with E-state index >= 15 is 0 Å². The molecule has 0 spiro atoms. The second-order valence-corrected chi connectivity index (χ2v) is 4.14. The lowest BCUT2D eigenvalue weighted by molar-refractivity contribution is -0.145. The fraction of sp³-hybridized carbons (Fsp3) is 0.571. The Morgan fingerprint density at radius 2 is 1.20 bits per heavy atom. The zero-order valence-corrected chi connectivity index (χ0v) is 12.0. The fourth-order valence-electron chi connectivity index (χ4n) is 1.31. The number of hydrogen-bond donors (Lipinski definition) is 4. The number of allylic oxidation sites excluding steroid dienone is 2. The topological polar surface area (TPSA) is 98.7 Å². The van der Waals surface area contributed by atoms with Crippen LogP contribution in [0.1, 0.15) is 26.7 Å². The van der Waals surface area contributed by atoms with Gasteiger partial charge in [0.2, 0.25) is 0 Å². The predicted molar refractivity (Wildman–Crippen MR) is 76.9 cm³/mol. The van der Waals surface area contributed by atoms with Gasteiger partial charge in [0.1, 0.15) is 0 Å². The van der Waals surface area contributed by atoms with Crippen LogP contribution in [0.5, 0.6) is 0 Å². The van der Waals surface area contributed by atoms with Crippen molar-refractivity contribution in [3.63, 3.8) is 0 Å². The lowest BCUT2D eigenvalue weighted by Gasteiger charge is -2.16. The van der Waals surface area contributed by atoms with Crippen molar-refractivity contribution in [3.05, 3.63) is 24.3 Å². The lowest BCUT2D eigenvalue weighted by atomic mass is 10.1. The summed E-state index contributed by atoms with van der Waals surface area (Å²) in [5.41, 5.74) is 0. The van der Waals surface area contributed by atoms with Gasteiger partial charge in [-0.1, -0.05) is 38.2 Å². The third-order valence-electron chi connectivity index (χ3n) is 2.43. The second-order valence-electron chi connectivity index (χ2n) is 4.14. The van der Waals surface area contributed by atoms with Crippen molar-refractivity contribution < 1.29 is 19.8 Å². The van der Waals surface area contributed by atoms with E-state index in [1.54, 1.807) is 12.2 Å². The zero-order valence-electron chi connectivity index (χ0n) is 12.0. The molecule has 0 saturated carbocycles. The van der Waals surface area contributed by atoms with E-state index in [0.717, 1.165) is 12.8 Å². The third kappa shape index (κ3) is 7.70. The first-order valence-electron chi connectivity index (χ1n) is 6.76. The van der Waals surface area contributed by atoms with Crippen LogP contribution in [-0.2, 0) is 9.59 Å². The van der Waals surface area contributed by atoms with Crippen molar-refractivity contribution in [2.24, 2.45) is 0 Å². The number of carbonyl (C=O) groups excluding carboxylic acids is 2. The van der Waals surface area contributed by atoms with Gasteiger partial charge in [-0.05, 0) is 12.8 Å². The normalized spacial score (nSPS) is 14.4. The van der Waals surface area contributed by atoms with E-state index in [0.29, 0.717) is 0 Å². The molecule has 0 rings (SSSR count). The smallest absolute Gasteiger partial charge is 0.252 e. The molecule has 2 amide bonds. The van der Waals surface area contributed by atoms with Gasteiger partial charge in [-0.2, -0.15) is 0 Å². The van der Waals surface area contributed by atoms with Crippen LogP contribution in [0.15, 0.2) is 24.3 Å². The number of nitrogens with one attached hydrogen (secondary N) is 2. The Morgan fingerprint density at radius 1 is 0.850 bits per heavy atom. The van der Waals surface area contributed by atoms with Gasteiger partial charge in [0.05, 0.1) is 0 Å². The third-order valence-corrected chi connectivity index (χ3v) is 2.43. The molecule has 2 unspecified atom stereocenters. The van der Waals surface area contributed by atoms with E-state index in [9.17, 15) is 19.8 Å². The monoisotopic (exact) mass is 284 g/mol. The molecule has 6 nitrogen and oxygen atoms in total.